The van der Waals surface area contributed by atoms with Gasteiger partial charge in [0.15, 0.2) is 0 Å². The Kier molecular flexibility index (Phi) is 5.00. The van der Waals surface area contributed by atoms with Crippen LogP contribution in [-0.2, 0) is 4.79 Å². The summed E-state index contributed by atoms with van der Waals surface area (Å²) in [5.74, 6) is -1.03. The third-order valence-corrected chi connectivity index (χ3v) is 2.29. The summed E-state index contributed by atoms with van der Waals surface area (Å²) in [7, 11) is 1.81. The molecule has 5 heteroatoms. The van der Waals surface area contributed by atoms with E-state index >= 15 is 0 Å². The first-order valence-corrected chi connectivity index (χ1v) is 5.41. The topological polar surface area (TPSA) is 78.4 Å². The van der Waals surface area contributed by atoms with E-state index in [1.54, 1.807) is 19.2 Å². The average molecular weight is 236 g/mol. The molecule has 0 aliphatic rings. The fourth-order valence-electron chi connectivity index (χ4n) is 1.33. The number of rotatable bonds is 6. The van der Waals surface area contributed by atoms with Gasteiger partial charge < -0.3 is 15.7 Å². The SMILES string of the molecule is CNc1ccc(C(=O)NCCCC(=O)O)cc1. The number of hydrogen-bond acceptors (Lipinski definition) is 3. The Balaban J connectivity index is 2.38. The van der Waals surface area contributed by atoms with Gasteiger partial charge in [-0.05, 0) is 30.7 Å². The van der Waals surface area contributed by atoms with E-state index in [0.717, 1.165) is 5.69 Å². The maximum Gasteiger partial charge on any atom is 0.303 e. The summed E-state index contributed by atoms with van der Waals surface area (Å²) in [5, 5.41) is 14.1. The van der Waals surface area contributed by atoms with Gasteiger partial charge in [-0.1, -0.05) is 0 Å². The molecule has 0 aliphatic heterocycles. The molecule has 0 bridgehead atoms. The molecule has 0 saturated carbocycles. The smallest absolute Gasteiger partial charge is 0.303 e. The highest BCUT2D eigenvalue weighted by Gasteiger charge is 2.04. The molecule has 5 nitrogen and oxygen atoms in total. The molecular formula is C12H16N2O3. The van der Waals surface area contributed by atoms with E-state index in [1.807, 2.05) is 12.1 Å². The number of carbonyl (C=O) groups is 2. The number of carboxylic acid groups (broad SMARTS) is 1. The van der Waals surface area contributed by atoms with Crippen molar-refractivity contribution in [2.75, 3.05) is 18.9 Å². The van der Waals surface area contributed by atoms with Crippen molar-refractivity contribution in [1.82, 2.24) is 5.32 Å². The monoisotopic (exact) mass is 236 g/mol. The Morgan fingerprint density at radius 1 is 1.24 bits per heavy atom. The average Bonchev–Trinajstić information content (AvgIpc) is 2.34. The lowest BCUT2D eigenvalue weighted by atomic mass is 10.2. The molecule has 0 unspecified atom stereocenters. The van der Waals surface area contributed by atoms with Crippen LogP contribution >= 0.6 is 0 Å². The highest BCUT2D eigenvalue weighted by molar-refractivity contribution is 5.94. The molecule has 0 saturated heterocycles. The fourth-order valence-corrected chi connectivity index (χ4v) is 1.33. The van der Waals surface area contributed by atoms with Crippen LogP contribution in [0.2, 0.25) is 0 Å². The predicted molar refractivity (Wildman–Crippen MR) is 65.2 cm³/mol. The molecule has 3 N–H and O–H groups in total. The van der Waals surface area contributed by atoms with Crippen molar-refractivity contribution in [2.45, 2.75) is 12.8 Å². The van der Waals surface area contributed by atoms with Gasteiger partial charge in [-0.15, -0.1) is 0 Å². The summed E-state index contributed by atoms with van der Waals surface area (Å²) in [5.41, 5.74) is 1.51. The van der Waals surface area contributed by atoms with Crippen molar-refractivity contribution in [1.29, 1.82) is 0 Å². The van der Waals surface area contributed by atoms with Crippen LogP contribution < -0.4 is 10.6 Å². The predicted octanol–water partition coefficient (Wildman–Crippen LogP) is 1.32. The molecular weight excluding hydrogens is 220 g/mol. The highest BCUT2D eigenvalue weighted by Crippen LogP contribution is 2.08. The molecule has 17 heavy (non-hydrogen) atoms. The minimum Gasteiger partial charge on any atom is -0.481 e. The van der Waals surface area contributed by atoms with Gasteiger partial charge in [0.05, 0.1) is 0 Å². The second kappa shape index (κ2) is 6.52. The summed E-state index contributed by atoms with van der Waals surface area (Å²) >= 11 is 0. The molecule has 0 aromatic heterocycles. The number of nitrogens with one attached hydrogen (secondary N) is 2. The van der Waals surface area contributed by atoms with Crippen molar-refractivity contribution in [3.05, 3.63) is 29.8 Å². The molecule has 1 aromatic rings. The summed E-state index contributed by atoms with van der Waals surface area (Å²) in [4.78, 5) is 21.9. The zero-order chi connectivity index (χ0) is 12.7. The van der Waals surface area contributed by atoms with Gasteiger partial charge >= 0.3 is 5.97 Å². The van der Waals surface area contributed by atoms with Crippen molar-refractivity contribution in [3.63, 3.8) is 0 Å². The Hall–Kier alpha value is -2.04. The standard InChI is InChI=1S/C12H16N2O3/c1-13-10-6-4-9(5-7-10)12(17)14-8-2-3-11(15)16/h4-7,13H,2-3,8H2,1H3,(H,14,17)(H,15,16). The van der Waals surface area contributed by atoms with Crippen LogP contribution in [-0.4, -0.2) is 30.6 Å². The quantitative estimate of drug-likeness (QED) is 0.651. The number of carboxylic acids is 1. The van der Waals surface area contributed by atoms with Crippen LogP contribution in [0.5, 0.6) is 0 Å². The number of carbonyl (C=O) groups excluding carboxylic acids is 1. The van der Waals surface area contributed by atoms with Crippen LogP contribution in [0.3, 0.4) is 0 Å². The fraction of sp³-hybridized carbons (Fsp3) is 0.333. The molecule has 0 atom stereocenters. The van der Waals surface area contributed by atoms with Crippen molar-refractivity contribution >= 4 is 17.6 Å². The summed E-state index contributed by atoms with van der Waals surface area (Å²) in [6, 6.07) is 7.06. The summed E-state index contributed by atoms with van der Waals surface area (Å²) in [6.45, 7) is 0.374. The third-order valence-electron chi connectivity index (χ3n) is 2.29. The minimum atomic E-state index is -0.849. The number of benzene rings is 1. The van der Waals surface area contributed by atoms with E-state index in [4.69, 9.17) is 5.11 Å². The number of amides is 1. The first kappa shape index (κ1) is 13.0. The largest absolute Gasteiger partial charge is 0.481 e. The van der Waals surface area contributed by atoms with E-state index in [-0.39, 0.29) is 12.3 Å². The van der Waals surface area contributed by atoms with E-state index in [2.05, 4.69) is 10.6 Å². The van der Waals surface area contributed by atoms with Gasteiger partial charge in [-0.25, -0.2) is 0 Å². The highest BCUT2D eigenvalue weighted by atomic mass is 16.4. The van der Waals surface area contributed by atoms with Crippen LogP contribution in [0.4, 0.5) is 5.69 Å². The Labute approximate surface area is 99.8 Å². The maximum absolute atomic E-state index is 11.6. The lowest BCUT2D eigenvalue weighted by Crippen LogP contribution is -2.24. The zero-order valence-corrected chi connectivity index (χ0v) is 9.69. The lowest BCUT2D eigenvalue weighted by Gasteiger charge is -2.05. The van der Waals surface area contributed by atoms with Crippen molar-refractivity contribution in [2.24, 2.45) is 0 Å². The van der Waals surface area contributed by atoms with E-state index in [0.29, 0.717) is 18.5 Å². The molecule has 0 heterocycles. The molecule has 0 aliphatic carbocycles. The Bertz CT molecular complexity index is 387. The van der Waals surface area contributed by atoms with Crippen molar-refractivity contribution < 1.29 is 14.7 Å². The molecule has 1 aromatic carbocycles. The molecule has 92 valence electrons. The second-order valence-electron chi connectivity index (χ2n) is 3.58. The van der Waals surface area contributed by atoms with Gasteiger partial charge in [0.2, 0.25) is 0 Å². The number of hydrogen-bond donors (Lipinski definition) is 3. The molecule has 1 rings (SSSR count). The van der Waals surface area contributed by atoms with Crippen LogP contribution in [0.1, 0.15) is 23.2 Å². The first-order valence-electron chi connectivity index (χ1n) is 5.41. The molecule has 0 radical (unpaired) electrons. The summed E-state index contributed by atoms with van der Waals surface area (Å²) < 4.78 is 0. The molecule has 0 fully saturated rings. The number of anilines is 1. The molecule has 1 amide bonds. The van der Waals surface area contributed by atoms with Crippen LogP contribution in [0, 0.1) is 0 Å². The zero-order valence-electron chi connectivity index (χ0n) is 9.69. The van der Waals surface area contributed by atoms with Gasteiger partial charge in [0.25, 0.3) is 5.91 Å². The van der Waals surface area contributed by atoms with E-state index < -0.39 is 5.97 Å². The first-order chi connectivity index (χ1) is 8.13. The second-order valence-corrected chi connectivity index (χ2v) is 3.58. The third kappa shape index (κ3) is 4.55. The van der Waals surface area contributed by atoms with Crippen LogP contribution in [0.25, 0.3) is 0 Å². The van der Waals surface area contributed by atoms with Gasteiger partial charge in [-0.3, -0.25) is 9.59 Å². The summed E-state index contributed by atoms with van der Waals surface area (Å²) in [6.07, 6.45) is 0.509. The normalized spacial score (nSPS) is 9.71. The van der Waals surface area contributed by atoms with E-state index in [9.17, 15) is 9.59 Å². The Morgan fingerprint density at radius 3 is 2.41 bits per heavy atom. The van der Waals surface area contributed by atoms with Gasteiger partial charge in [0, 0.05) is 31.3 Å². The van der Waals surface area contributed by atoms with E-state index in [1.165, 1.54) is 0 Å². The Morgan fingerprint density at radius 2 is 1.88 bits per heavy atom. The van der Waals surface area contributed by atoms with Crippen LogP contribution in [0.15, 0.2) is 24.3 Å². The maximum atomic E-state index is 11.6. The minimum absolute atomic E-state index is 0.0684. The number of aliphatic carboxylic acids is 1. The molecule has 0 spiro atoms. The van der Waals surface area contributed by atoms with Gasteiger partial charge in [0.1, 0.15) is 0 Å². The lowest BCUT2D eigenvalue weighted by molar-refractivity contribution is -0.137. The van der Waals surface area contributed by atoms with Crippen molar-refractivity contribution in [3.8, 4) is 0 Å². The van der Waals surface area contributed by atoms with Gasteiger partial charge in [-0.2, -0.15) is 0 Å².